The summed E-state index contributed by atoms with van der Waals surface area (Å²) in [5.41, 5.74) is 0.716. The summed E-state index contributed by atoms with van der Waals surface area (Å²) in [6.45, 7) is 9.60. The number of ether oxygens (including phenoxy) is 2. The van der Waals surface area contributed by atoms with Crippen LogP contribution in [0.3, 0.4) is 0 Å². The summed E-state index contributed by atoms with van der Waals surface area (Å²) in [6.07, 6.45) is 4.93. The first-order chi connectivity index (χ1) is 11.9. The molecule has 1 heterocycles. The van der Waals surface area contributed by atoms with Gasteiger partial charge < -0.3 is 14.6 Å². The number of aliphatic hydroxyl groups is 1. The number of nitrogens with zero attached hydrogens (tertiary/aromatic N) is 1. The van der Waals surface area contributed by atoms with Crippen LogP contribution in [-0.2, 0) is 4.74 Å². The predicted molar refractivity (Wildman–Crippen MR) is 100 cm³/mol. The highest BCUT2D eigenvalue weighted by Gasteiger charge is 2.38. The van der Waals surface area contributed by atoms with Gasteiger partial charge in [-0.15, -0.1) is 0 Å². The Kier molecular flexibility index (Phi) is 5.71. The monoisotopic (exact) mass is 347 g/mol. The zero-order valence-electron chi connectivity index (χ0n) is 16.0. The number of β-amino-alcohol motifs (C(OH)–C–C–N with tert-alkyl or cyclic N) is 1. The molecule has 0 spiro atoms. The molecule has 140 valence electrons. The fraction of sp³-hybridized carbons (Fsp3) is 0.714. The lowest BCUT2D eigenvalue weighted by molar-refractivity contribution is -0.0691. The van der Waals surface area contributed by atoms with E-state index in [1.54, 1.807) is 0 Å². The first-order valence-corrected chi connectivity index (χ1v) is 9.59. The topological polar surface area (TPSA) is 41.9 Å². The van der Waals surface area contributed by atoms with E-state index in [2.05, 4.69) is 25.7 Å². The van der Waals surface area contributed by atoms with E-state index in [1.165, 1.54) is 31.2 Å². The van der Waals surface area contributed by atoms with E-state index in [1.807, 2.05) is 24.3 Å². The van der Waals surface area contributed by atoms with Crippen molar-refractivity contribution in [3.8, 4) is 5.75 Å². The maximum Gasteiger partial charge on any atom is 0.134 e. The summed E-state index contributed by atoms with van der Waals surface area (Å²) in [7, 11) is 0. The van der Waals surface area contributed by atoms with Gasteiger partial charge in [0, 0.05) is 19.1 Å². The second kappa shape index (κ2) is 7.65. The van der Waals surface area contributed by atoms with Crippen LogP contribution in [0.5, 0.6) is 5.75 Å². The lowest BCUT2D eigenvalue weighted by Gasteiger charge is -2.41. The van der Waals surface area contributed by atoms with Crippen molar-refractivity contribution in [2.75, 3.05) is 32.9 Å². The van der Waals surface area contributed by atoms with Crippen LogP contribution < -0.4 is 4.74 Å². The molecule has 4 nitrogen and oxygen atoms in total. The molecule has 1 N–H and O–H groups in total. The Morgan fingerprint density at radius 3 is 2.56 bits per heavy atom. The summed E-state index contributed by atoms with van der Waals surface area (Å²) in [5.74, 6) is 0.800. The van der Waals surface area contributed by atoms with E-state index in [0.717, 1.165) is 12.3 Å². The average molecular weight is 347 g/mol. The maximum atomic E-state index is 11.1. The van der Waals surface area contributed by atoms with Crippen LogP contribution in [0.25, 0.3) is 0 Å². The van der Waals surface area contributed by atoms with Crippen LogP contribution in [0.2, 0.25) is 0 Å². The minimum atomic E-state index is -0.950. The molecule has 0 aromatic heterocycles. The predicted octanol–water partition coefficient (Wildman–Crippen LogP) is 3.41. The third-order valence-electron chi connectivity index (χ3n) is 5.74. The van der Waals surface area contributed by atoms with Crippen molar-refractivity contribution >= 4 is 0 Å². The maximum absolute atomic E-state index is 11.1. The molecule has 1 aromatic rings. The van der Waals surface area contributed by atoms with E-state index in [9.17, 15) is 5.11 Å². The van der Waals surface area contributed by atoms with E-state index >= 15 is 0 Å². The highest BCUT2D eigenvalue weighted by atomic mass is 16.5. The van der Waals surface area contributed by atoms with Crippen molar-refractivity contribution in [2.45, 2.75) is 58.1 Å². The molecule has 1 saturated heterocycles. The normalized spacial score (nSPS) is 28.5. The lowest BCUT2D eigenvalue weighted by Crippen LogP contribution is -2.52. The molecule has 1 aliphatic carbocycles. The summed E-state index contributed by atoms with van der Waals surface area (Å²) in [6, 6.07) is 8.52. The minimum Gasteiger partial charge on any atom is -0.490 e. The van der Waals surface area contributed by atoms with Gasteiger partial charge in [-0.3, -0.25) is 4.90 Å². The van der Waals surface area contributed by atoms with E-state index in [-0.39, 0.29) is 6.61 Å². The van der Waals surface area contributed by atoms with Gasteiger partial charge in [-0.05, 0) is 50.2 Å². The fourth-order valence-electron chi connectivity index (χ4n) is 3.95. The van der Waals surface area contributed by atoms with Crippen LogP contribution in [0.4, 0.5) is 0 Å². The third kappa shape index (κ3) is 5.19. The Morgan fingerprint density at radius 1 is 1.20 bits per heavy atom. The van der Waals surface area contributed by atoms with E-state index in [0.29, 0.717) is 31.2 Å². The second-order valence-corrected chi connectivity index (χ2v) is 8.74. The van der Waals surface area contributed by atoms with Crippen LogP contribution in [0.1, 0.15) is 45.1 Å². The van der Waals surface area contributed by atoms with Gasteiger partial charge in [-0.25, -0.2) is 0 Å². The zero-order valence-corrected chi connectivity index (χ0v) is 16.0. The van der Waals surface area contributed by atoms with Gasteiger partial charge in [-0.2, -0.15) is 0 Å². The Balaban J connectivity index is 1.59. The van der Waals surface area contributed by atoms with Crippen LogP contribution in [0, 0.1) is 12.3 Å². The summed E-state index contributed by atoms with van der Waals surface area (Å²) >= 11 is 0. The molecular weight excluding hydrogens is 314 g/mol. The molecule has 1 aliphatic heterocycles. The molecule has 2 fully saturated rings. The van der Waals surface area contributed by atoms with Crippen molar-refractivity contribution in [2.24, 2.45) is 5.41 Å². The lowest BCUT2D eigenvalue weighted by atomic mass is 9.75. The molecule has 1 aromatic carbocycles. The number of benzene rings is 1. The minimum absolute atomic E-state index is 0.269. The molecular formula is C21H33NO3. The van der Waals surface area contributed by atoms with Crippen LogP contribution in [0.15, 0.2) is 24.3 Å². The fourth-order valence-corrected chi connectivity index (χ4v) is 3.95. The molecule has 1 unspecified atom stereocenters. The Bertz CT molecular complexity index is 547. The summed E-state index contributed by atoms with van der Waals surface area (Å²) < 4.78 is 11.6. The highest BCUT2D eigenvalue weighted by Crippen LogP contribution is 2.37. The van der Waals surface area contributed by atoms with Gasteiger partial charge in [0.2, 0.25) is 0 Å². The van der Waals surface area contributed by atoms with Gasteiger partial charge in [0.15, 0.2) is 0 Å². The third-order valence-corrected chi connectivity index (χ3v) is 5.74. The average Bonchev–Trinajstić information content (AvgIpc) is 2.77. The first-order valence-electron chi connectivity index (χ1n) is 9.59. The SMILES string of the molecule is Cc1ccc(OCC2(O)COCCN(C3CCC(C)(C)CC3)C2)cc1. The van der Waals surface area contributed by atoms with Crippen LogP contribution in [-0.4, -0.2) is 54.6 Å². The second-order valence-electron chi connectivity index (χ2n) is 8.74. The molecule has 4 heteroatoms. The smallest absolute Gasteiger partial charge is 0.134 e. The van der Waals surface area contributed by atoms with Crippen LogP contribution >= 0.6 is 0 Å². The van der Waals surface area contributed by atoms with Gasteiger partial charge >= 0.3 is 0 Å². The van der Waals surface area contributed by atoms with Crippen molar-refractivity contribution < 1.29 is 14.6 Å². The van der Waals surface area contributed by atoms with E-state index < -0.39 is 5.60 Å². The van der Waals surface area contributed by atoms with Crippen molar-refractivity contribution in [1.29, 1.82) is 0 Å². The van der Waals surface area contributed by atoms with Gasteiger partial charge in [-0.1, -0.05) is 31.5 Å². The van der Waals surface area contributed by atoms with Gasteiger partial charge in [0.25, 0.3) is 0 Å². The molecule has 1 atom stereocenters. The standard InChI is InChI=1S/C21H33NO3/c1-17-4-6-19(7-5-17)25-16-21(23)14-22(12-13-24-15-21)18-8-10-20(2,3)11-9-18/h4-7,18,23H,8-16H2,1-3H3. The number of hydrogen-bond acceptors (Lipinski definition) is 4. The van der Waals surface area contributed by atoms with Crippen molar-refractivity contribution in [1.82, 2.24) is 4.90 Å². The van der Waals surface area contributed by atoms with Gasteiger partial charge in [0.1, 0.15) is 18.0 Å². The van der Waals surface area contributed by atoms with Crippen molar-refractivity contribution in [3.05, 3.63) is 29.8 Å². The summed E-state index contributed by atoms with van der Waals surface area (Å²) in [4.78, 5) is 2.43. The first kappa shape index (κ1) is 18.7. The molecule has 3 rings (SSSR count). The largest absolute Gasteiger partial charge is 0.490 e. The number of aryl methyl sites for hydroxylation is 1. The molecule has 0 amide bonds. The number of rotatable bonds is 4. The highest BCUT2D eigenvalue weighted by molar-refractivity contribution is 5.26. The van der Waals surface area contributed by atoms with E-state index in [4.69, 9.17) is 9.47 Å². The van der Waals surface area contributed by atoms with Gasteiger partial charge in [0.05, 0.1) is 13.2 Å². The molecule has 0 bridgehead atoms. The summed E-state index contributed by atoms with van der Waals surface area (Å²) in [5, 5.41) is 11.1. The molecule has 25 heavy (non-hydrogen) atoms. The quantitative estimate of drug-likeness (QED) is 0.906. The van der Waals surface area contributed by atoms with Crippen molar-refractivity contribution in [3.63, 3.8) is 0 Å². The Labute approximate surface area is 152 Å². The molecule has 2 aliphatic rings. The molecule has 1 saturated carbocycles. The Hall–Kier alpha value is -1.10. The number of hydrogen-bond donors (Lipinski definition) is 1. The zero-order chi connectivity index (χ0) is 17.9. The Morgan fingerprint density at radius 2 is 1.88 bits per heavy atom. The molecule has 0 radical (unpaired) electrons.